The van der Waals surface area contributed by atoms with Crippen molar-refractivity contribution in [1.29, 1.82) is 0 Å². The van der Waals surface area contributed by atoms with Crippen LogP contribution < -0.4 is 0 Å². The number of carbonyl (C=O) groups excluding carboxylic acids is 2. The lowest BCUT2D eigenvalue weighted by molar-refractivity contribution is -0.144. The number of likely N-dealkylation sites (tertiary alicyclic amines) is 1. The Bertz CT molecular complexity index is 381. The van der Waals surface area contributed by atoms with Crippen LogP contribution in [0.15, 0.2) is 0 Å². The van der Waals surface area contributed by atoms with Crippen molar-refractivity contribution in [2.45, 2.75) is 65.2 Å². The molecular formula is C16H27NO3. The molecule has 2 aliphatic rings. The van der Waals surface area contributed by atoms with Crippen LogP contribution in [-0.2, 0) is 9.59 Å². The Morgan fingerprint density at radius 2 is 1.70 bits per heavy atom. The van der Waals surface area contributed by atoms with Gasteiger partial charge in [-0.15, -0.1) is 0 Å². The van der Waals surface area contributed by atoms with Crippen LogP contribution in [0.4, 0.5) is 0 Å². The minimum absolute atomic E-state index is 0.00843. The molecule has 0 atom stereocenters. The van der Waals surface area contributed by atoms with E-state index in [0.717, 1.165) is 38.5 Å². The topological polar surface area (TPSA) is 57.6 Å². The Labute approximate surface area is 121 Å². The Morgan fingerprint density at radius 1 is 1.10 bits per heavy atom. The number of imide groups is 1. The van der Waals surface area contributed by atoms with Crippen LogP contribution in [0, 0.1) is 10.8 Å². The van der Waals surface area contributed by atoms with E-state index in [4.69, 9.17) is 0 Å². The molecule has 0 aromatic carbocycles. The standard InChI is InChI=1S/C16H27NO3/c1-3-16(4-2)10-13(19)17(14(16)20)11-15(12-18)8-6-5-7-9-15/h18H,3-12H2,1-2H3. The van der Waals surface area contributed by atoms with Crippen molar-refractivity contribution in [1.82, 2.24) is 4.90 Å². The van der Waals surface area contributed by atoms with E-state index in [1.807, 2.05) is 13.8 Å². The first-order valence-electron chi connectivity index (χ1n) is 7.98. The summed E-state index contributed by atoms with van der Waals surface area (Å²) < 4.78 is 0. The van der Waals surface area contributed by atoms with E-state index in [9.17, 15) is 14.7 Å². The van der Waals surface area contributed by atoms with Gasteiger partial charge >= 0.3 is 0 Å². The van der Waals surface area contributed by atoms with Crippen molar-refractivity contribution < 1.29 is 14.7 Å². The number of nitrogens with zero attached hydrogens (tertiary/aromatic N) is 1. The Morgan fingerprint density at radius 3 is 2.15 bits per heavy atom. The van der Waals surface area contributed by atoms with Gasteiger partial charge in [0.1, 0.15) is 0 Å². The van der Waals surface area contributed by atoms with Crippen molar-refractivity contribution in [3.05, 3.63) is 0 Å². The van der Waals surface area contributed by atoms with Crippen LogP contribution in [0.25, 0.3) is 0 Å². The summed E-state index contributed by atoms with van der Waals surface area (Å²) in [5.74, 6) is -0.0528. The van der Waals surface area contributed by atoms with E-state index in [2.05, 4.69) is 0 Å². The fourth-order valence-electron chi connectivity index (χ4n) is 3.83. The predicted octanol–water partition coefficient (Wildman–Crippen LogP) is 2.49. The highest BCUT2D eigenvalue weighted by Crippen LogP contribution is 2.43. The van der Waals surface area contributed by atoms with Crippen molar-refractivity contribution in [2.75, 3.05) is 13.2 Å². The highest BCUT2D eigenvalue weighted by molar-refractivity contribution is 6.05. The molecule has 114 valence electrons. The average molecular weight is 281 g/mol. The molecule has 1 saturated heterocycles. The number of rotatable bonds is 5. The number of hydrogen-bond acceptors (Lipinski definition) is 3. The summed E-state index contributed by atoms with van der Waals surface area (Å²) in [6.07, 6.45) is 7.00. The van der Waals surface area contributed by atoms with Gasteiger partial charge in [0.15, 0.2) is 0 Å². The fourth-order valence-corrected chi connectivity index (χ4v) is 3.83. The summed E-state index contributed by atoms with van der Waals surface area (Å²) in [5.41, 5.74) is -0.733. The van der Waals surface area contributed by atoms with Crippen LogP contribution in [0.3, 0.4) is 0 Å². The van der Waals surface area contributed by atoms with E-state index in [1.165, 1.54) is 11.3 Å². The zero-order valence-corrected chi connectivity index (χ0v) is 12.8. The Hall–Kier alpha value is -0.900. The molecule has 0 bridgehead atoms. The number of carbonyl (C=O) groups is 2. The summed E-state index contributed by atoms with van der Waals surface area (Å²) >= 11 is 0. The van der Waals surface area contributed by atoms with Gasteiger partial charge in [0.2, 0.25) is 11.8 Å². The highest BCUT2D eigenvalue weighted by atomic mass is 16.3. The quantitative estimate of drug-likeness (QED) is 0.788. The fraction of sp³-hybridized carbons (Fsp3) is 0.875. The van der Waals surface area contributed by atoms with Gasteiger partial charge < -0.3 is 5.11 Å². The lowest BCUT2D eigenvalue weighted by atomic mass is 9.74. The maximum Gasteiger partial charge on any atom is 0.235 e. The molecule has 2 amide bonds. The summed E-state index contributed by atoms with van der Waals surface area (Å²) in [4.78, 5) is 26.4. The van der Waals surface area contributed by atoms with Gasteiger partial charge in [0.05, 0.1) is 12.0 Å². The lowest BCUT2D eigenvalue weighted by Crippen LogP contribution is -2.45. The Balaban J connectivity index is 2.16. The molecule has 2 fully saturated rings. The van der Waals surface area contributed by atoms with Gasteiger partial charge in [-0.25, -0.2) is 0 Å². The van der Waals surface area contributed by atoms with Crippen LogP contribution in [0.5, 0.6) is 0 Å². The van der Waals surface area contributed by atoms with Gasteiger partial charge in [-0.2, -0.15) is 0 Å². The van der Waals surface area contributed by atoms with E-state index < -0.39 is 5.41 Å². The molecule has 1 saturated carbocycles. The largest absolute Gasteiger partial charge is 0.396 e. The predicted molar refractivity (Wildman–Crippen MR) is 77.0 cm³/mol. The summed E-state index contributed by atoms with van der Waals surface area (Å²) in [7, 11) is 0. The molecule has 20 heavy (non-hydrogen) atoms. The van der Waals surface area contributed by atoms with Gasteiger partial charge in [-0.05, 0) is 25.7 Å². The van der Waals surface area contributed by atoms with Crippen molar-refractivity contribution in [3.63, 3.8) is 0 Å². The molecule has 4 heteroatoms. The smallest absolute Gasteiger partial charge is 0.235 e. The van der Waals surface area contributed by atoms with Crippen molar-refractivity contribution in [2.24, 2.45) is 10.8 Å². The van der Waals surface area contributed by atoms with Gasteiger partial charge in [-0.3, -0.25) is 14.5 Å². The maximum atomic E-state index is 12.7. The summed E-state index contributed by atoms with van der Waals surface area (Å²) in [5, 5.41) is 9.77. The molecule has 1 heterocycles. The molecule has 0 radical (unpaired) electrons. The first-order valence-corrected chi connectivity index (χ1v) is 7.98. The molecule has 0 aromatic heterocycles. The van der Waals surface area contributed by atoms with E-state index in [1.54, 1.807) is 0 Å². The molecule has 2 rings (SSSR count). The highest BCUT2D eigenvalue weighted by Gasteiger charge is 2.51. The zero-order valence-electron chi connectivity index (χ0n) is 12.8. The molecule has 1 aliphatic heterocycles. The van der Waals surface area contributed by atoms with Crippen LogP contribution in [0.2, 0.25) is 0 Å². The van der Waals surface area contributed by atoms with Crippen LogP contribution in [-0.4, -0.2) is 35.0 Å². The van der Waals surface area contributed by atoms with E-state index >= 15 is 0 Å². The minimum Gasteiger partial charge on any atom is -0.396 e. The van der Waals surface area contributed by atoms with Gasteiger partial charge in [0, 0.05) is 18.4 Å². The molecule has 4 nitrogen and oxygen atoms in total. The molecule has 0 aromatic rings. The summed E-state index contributed by atoms with van der Waals surface area (Å²) in [6, 6.07) is 0. The number of aliphatic hydroxyl groups is 1. The minimum atomic E-state index is -0.484. The maximum absolute atomic E-state index is 12.7. The van der Waals surface area contributed by atoms with Crippen LogP contribution in [0.1, 0.15) is 65.2 Å². The van der Waals surface area contributed by atoms with Crippen molar-refractivity contribution >= 4 is 11.8 Å². The third-order valence-corrected chi connectivity index (χ3v) is 5.59. The Kier molecular flexibility index (Phi) is 4.52. The zero-order chi connectivity index (χ0) is 14.8. The lowest BCUT2D eigenvalue weighted by Gasteiger charge is -2.38. The first kappa shape index (κ1) is 15.5. The second kappa shape index (κ2) is 5.84. The second-order valence-corrected chi connectivity index (χ2v) is 6.67. The monoisotopic (exact) mass is 281 g/mol. The number of aliphatic hydroxyl groups excluding tert-OH is 1. The third-order valence-electron chi connectivity index (χ3n) is 5.59. The van der Waals surface area contributed by atoms with Crippen LogP contribution >= 0.6 is 0 Å². The van der Waals surface area contributed by atoms with Gasteiger partial charge in [0.25, 0.3) is 0 Å². The number of amides is 2. The normalized spacial score (nSPS) is 25.2. The summed E-state index contributed by atoms with van der Waals surface area (Å²) in [6.45, 7) is 4.47. The third kappa shape index (κ3) is 2.50. The number of hydrogen-bond donors (Lipinski definition) is 1. The van der Waals surface area contributed by atoms with E-state index in [-0.39, 0.29) is 23.8 Å². The van der Waals surface area contributed by atoms with Crippen molar-refractivity contribution in [3.8, 4) is 0 Å². The molecule has 0 spiro atoms. The molecule has 1 aliphatic carbocycles. The SMILES string of the molecule is CCC1(CC)CC(=O)N(CC2(CO)CCCCC2)C1=O. The van der Waals surface area contributed by atoms with Gasteiger partial charge in [-0.1, -0.05) is 33.1 Å². The molecular weight excluding hydrogens is 254 g/mol. The first-order chi connectivity index (χ1) is 9.52. The average Bonchev–Trinajstić information content (AvgIpc) is 2.73. The van der Waals surface area contributed by atoms with E-state index in [0.29, 0.717) is 13.0 Å². The molecule has 1 N–H and O–H groups in total. The molecule has 0 unspecified atom stereocenters. The second-order valence-electron chi connectivity index (χ2n) is 6.67.